The molecule has 0 fully saturated rings. The third-order valence-corrected chi connectivity index (χ3v) is 15.1. The van der Waals surface area contributed by atoms with E-state index in [1.54, 1.807) is 0 Å². The molecule has 3 nitrogen and oxygen atoms in total. The third-order valence-electron chi connectivity index (χ3n) is 3.96. The molecule has 1 aromatic heterocycles. The van der Waals surface area contributed by atoms with Gasteiger partial charge in [0.15, 0.2) is 0 Å². The summed E-state index contributed by atoms with van der Waals surface area (Å²) in [5, 5.41) is 8.62. The van der Waals surface area contributed by atoms with Crippen LogP contribution in [0.4, 0.5) is 0 Å². The third kappa shape index (κ3) is 5.65. The van der Waals surface area contributed by atoms with Gasteiger partial charge in [0.25, 0.3) is 0 Å². The molecule has 11 heteroatoms. The van der Waals surface area contributed by atoms with Crippen LogP contribution < -0.4 is 0 Å². The molecule has 3 heterocycles. The SMILES string of the molecule is CSC1=C(SC)SC(=C2SC(SC)=C(SCCn3cc(-c4ccccc4)nn3)S2)S1. The van der Waals surface area contributed by atoms with Gasteiger partial charge in [0.1, 0.15) is 5.69 Å². The largest absolute Gasteiger partial charge is 0.251 e. The summed E-state index contributed by atoms with van der Waals surface area (Å²) in [6, 6.07) is 10.2. The van der Waals surface area contributed by atoms with E-state index < -0.39 is 0 Å². The lowest BCUT2D eigenvalue weighted by atomic mass is 10.2. The van der Waals surface area contributed by atoms with Crippen molar-refractivity contribution >= 4 is 94.1 Å². The Hall–Kier alpha value is 0.380. The summed E-state index contributed by atoms with van der Waals surface area (Å²) in [7, 11) is 0. The second-order valence-corrected chi connectivity index (χ2v) is 15.0. The zero-order valence-electron chi connectivity index (χ0n) is 16.5. The molecule has 0 radical (unpaired) electrons. The average Bonchev–Trinajstić information content (AvgIpc) is 3.52. The lowest BCUT2D eigenvalue weighted by Gasteiger charge is -2.03. The van der Waals surface area contributed by atoms with Gasteiger partial charge in [-0.25, -0.2) is 0 Å². The number of nitrogens with zero attached hydrogens (tertiary/aromatic N) is 3. The molecular formula is C19H19N3S8. The minimum absolute atomic E-state index is 0.852. The second-order valence-electron chi connectivity index (χ2n) is 5.83. The zero-order valence-corrected chi connectivity index (χ0v) is 23.0. The van der Waals surface area contributed by atoms with Crippen molar-refractivity contribution in [1.29, 1.82) is 0 Å². The van der Waals surface area contributed by atoms with Crippen molar-refractivity contribution in [2.75, 3.05) is 24.5 Å². The Morgan fingerprint density at radius 1 is 0.800 bits per heavy atom. The summed E-state index contributed by atoms with van der Waals surface area (Å²) in [5.74, 6) is 0.984. The van der Waals surface area contributed by atoms with Gasteiger partial charge in [-0.15, -0.1) is 52.1 Å². The molecule has 1 aromatic carbocycles. The van der Waals surface area contributed by atoms with Crippen LogP contribution in [0.5, 0.6) is 0 Å². The van der Waals surface area contributed by atoms with Crippen LogP contribution in [0.15, 0.2) is 62.0 Å². The molecular weight excluding hydrogens is 527 g/mol. The normalized spacial score (nSPS) is 17.0. The summed E-state index contributed by atoms with van der Waals surface area (Å²) < 4.78 is 10.5. The fourth-order valence-corrected chi connectivity index (χ4v) is 13.3. The highest BCUT2D eigenvalue weighted by atomic mass is 32.3. The van der Waals surface area contributed by atoms with Crippen LogP contribution in [0.3, 0.4) is 0 Å². The first-order valence-corrected chi connectivity index (χ1v) is 16.8. The fourth-order valence-electron chi connectivity index (χ4n) is 2.56. The van der Waals surface area contributed by atoms with E-state index in [9.17, 15) is 0 Å². The van der Waals surface area contributed by atoms with Crippen molar-refractivity contribution in [3.05, 3.63) is 62.0 Å². The first kappa shape index (κ1) is 23.5. The van der Waals surface area contributed by atoms with Gasteiger partial charge in [0.2, 0.25) is 0 Å². The Morgan fingerprint density at radius 2 is 1.37 bits per heavy atom. The monoisotopic (exact) mass is 545 g/mol. The molecule has 0 aliphatic carbocycles. The van der Waals surface area contributed by atoms with Crippen LogP contribution in [0.1, 0.15) is 0 Å². The molecule has 0 amide bonds. The summed E-state index contributed by atoms with van der Waals surface area (Å²) >= 11 is 15.2. The van der Waals surface area contributed by atoms with Crippen LogP contribution >= 0.6 is 94.1 Å². The maximum absolute atomic E-state index is 4.32. The van der Waals surface area contributed by atoms with Gasteiger partial charge in [0.05, 0.1) is 38.2 Å². The van der Waals surface area contributed by atoms with Gasteiger partial charge < -0.3 is 0 Å². The highest BCUT2D eigenvalue weighted by Crippen LogP contribution is 2.65. The number of thioether (sulfide) groups is 8. The molecule has 2 aliphatic rings. The molecule has 158 valence electrons. The topological polar surface area (TPSA) is 30.7 Å². The average molecular weight is 546 g/mol. The molecule has 0 spiro atoms. The van der Waals surface area contributed by atoms with E-state index in [1.807, 2.05) is 123 Å². The van der Waals surface area contributed by atoms with E-state index >= 15 is 0 Å². The molecule has 4 rings (SSSR count). The predicted molar refractivity (Wildman–Crippen MR) is 150 cm³/mol. The van der Waals surface area contributed by atoms with Crippen LogP contribution in [0.2, 0.25) is 0 Å². The van der Waals surface area contributed by atoms with Crippen LogP contribution in [-0.2, 0) is 6.54 Å². The first-order valence-electron chi connectivity index (χ1n) is 8.86. The van der Waals surface area contributed by atoms with E-state index in [2.05, 4.69) is 41.2 Å². The van der Waals surface area contributed by atoms with Gasteiger partial charge in [-0.2, -0.15) is 0 Å². The fraction of sp³-hybridized carbons (Fsp3) is 0.263. The van der Waals surface area contributed by atoms with Crippen LogP contribution in [-0.4, -0.2) is 39.5 Å². The van der Waals surface area contributed by atoms with Gasteiger partial charge in [0, 0.05) is 11.3 Å². The van der Waals surface area contributed by atoms with Gasteiger partial charge in [-0.1, -0.05) is 82.6 Å². The number of hydrogen-bond donors (Lipinski definition) is 0. The van der Waals surface area contributed by atoms with Gasteiger partial charge in [-0.3, -0.25) is 4.68 Å². The Labute approximate surface area is 211 Å². The standard InChI is InChI=1S/C19H19N3S8/c1-23-14-15(24-2)28-18(27-14)19-29-16(25-3)17(30-19)26-10-9-22-11-13(20-21-22)12-7-5-4-6-8-12/h4-8,11H,9-10H2,1-3H3. The van der Waals surface area contributed by atoms with Gasteiger partial charge >= 0.3 is 0 Å². The van der Waals surface area contributed by atoms with E-state index in [4.69, 9.17) is 0 Å². The molecule has 2 aromatic rings. The smallest absolute Gasteiger partial charge is 0.113 e. The molecule has 0 bridgehead atoms. The highest BCUT2D eigenvalue weighted by Gasteiger charge is 2.29. The van der Waals surface area contributed by atoms with Crippen molar-refractivity contribution < 1.29 is 0 Å². The van der Waals surface area contributed by atoms with Crippen molar-refractivity contribution in [3.63, 3.8) is 0 Å². The number of hydrogen-bond acceptors (Lipinski definition) is 10. The molecule has 0 unspecified atom stereocenters. The molecule has 0 atom stereocenters. The quantitative estimate of drug-likeness (QED) is 0.324. The number of rotatable bonds is 8. The van der Waals surface area contributed by atoms with Crippen molar-refractivity contribution in [2.24, 2.45) is 0 Å². The van der Waals surface area contributed by atoms with E-state index in [0.29, 0.717) is 0 Å². The minimum atomic E-state index is 0.852. The van der Waals surface area contributed by atoms with E-state index in [0.717, 1.165) is 23.6 Å². The van der Waals surface area contributed by atoms with E-state index in [1.165, 1.54) is 25.4 Å². The maximum atomic E-state index is 4.32. The van der Waals surface area contributed by atoms with Crippen LogP contribution in [0.25, 0.3) is 11.3 Å². The zero-order chi connectivity index (χ0) is 20.9. The van der Waals surface area contributed by atoms with Crippen LogP contribution in [0, 0.1) is 0 Å². The Morgan fingerprint density at radius 3 is 1.97 bits per heavy atom. The minimum Gasteiger partial charge on any atom is -0.251 e. The molecule has 2 aliphatic heterocycles. The lowest BCUT2D eigenvalue weighted by molar-refractivity contribution is 0.633. The molecule has 0 saturated carbocycles. The summed E-state index contributed by atoms with van der Waals surface area (Å²) in [5.41, 5.74) is 2.04. The van der Waals surface area contributed by atoms with Crippen molar-refractivity contribution in [3.8, 4) is 11.3 Å². The highest BCUT2D eigenvalue weighted by molar-refractivity contribution is 8.44. The summed E-state index contributed by atoms with van der Waals surface area (Å²) in [4.78, 5) is 0. The molecule has 0 N–H and O–H groups in total. The van der Waals surface area contributed by atoms with Gasteiger partial charge in [-0.05, 0) is 18.8 Å². The Kier molecular flexibility index (Phi) is 9.01. The number of benzene rings is 1. The Bertz CT molecular complexity index is 978. The Balaban J connectivity index is 1.35. The number of aryl methyl sites for hydroxylation is 1. The lowest BCUT2D eigenvalue weighted by Crippen LogP contribution is -2.00. The maximum Gasteiger partial charge on any atom is 0.113 e. The first-order chi connectivity index (χ1) is 14.7. The molecule has 30 heavy (non-hydrogen) atoms. The summed E-state index contributed by atoms with van der Waals surface area (Å²) in [6.07, 6.45) is 8.55. The number of aromatic nitrogens is 3. The molecule has 0 saturated heterocycles. The second kappa shape index (κ2) is 11.5. The van der Waals surface area contributed by atoms with Crippen molar-refractivity contribution in [2.45, 2.75) is 6.54 Å². The predicted octanol–water partition coefficient (Wildman–Crippen LogP) is 8.11. The summed E-state index contributed by atoms with van der Waals surface area (Å²) in [6.45, 7) is 0.852. The van der Waals surface area contributed by atoms with E-state index in [-0.39, 0.29) is 0 Å². The van der Waals surface area contributed by atoms with Crippen molar-refractivity contribution in [1.82, 2.24) is 15.0 Å².